The van der Waals surface area contributed by atoms with Gasteiger partial charge in [0.2, 0.25) is 0 Å². The molecule has 3 heterocycles. The maximum Gasteiger partial charge on any atom is 0.305 e. The predicted molar refractivity (Wildman–Crippen MR) is 104 cm³/mol. The Morgan fingerprint density at radius 2 is 1.78 bits per heavy atom. The fraction of sp³-hybridized carbons (Fsp3) is 0.550. The SMILES string of the molecule is O=c1[nH]c(-c2ccc(F)cc2)c(CCN2CCC3(CC2)OCCCCO3)s1. The third kappa shape index (κ3) is 4.48. The Bertz CT molecular complexity index is 799. The molecule has 1 N–H and O–H groups in total. The van der Waals surface area contributed by atoms with Gasteiger partial charge in [0.1, 0.15) is 5.82 Å². The molecular formula is C20H25FN2O3S. The van der Waals surface area contributed by atoms with Crippen LogP contribution in [0.25, 0.3) is 11.3 Å². The highest BCUT2D eigenvalue weighted by Gasteiger charge is 2.37. The van der Waals surface area contributed by atoms with Crippen molar-refractivity contribution in [3.05, 3.63) is 44.6 Å². The maximum atomic E-state index is 13.2. The highest BCUT2D eigenvalue weighted by Crippen LogP contribution is 2.31. The van der Waals surface area contributed by atoms with Crippen LogP contribution in [0.4, 0.5) is 4.39 Å². The van der Waals surface area contributed by atoms with E-state index in [1.165, 1.54) is 23.5 Å². The minimum Gasteiger partial charge on any atom is -0.350 e. The number of hydrogen-bond donors (Lipinski definition) is 1. The maximum absolute atomic E-state index is 13.2. The van der Waals surface area contributed by atoms with Gasteiger partial charge in [0.05, 0.1) is 18.9 Å². The van der Waals surface area contributed by atoms with Gasteiger partial charge in [-0.05, 0) is 49.1 Å². The van der Waals surface area contributed by atoms with Crippen LogP contribution in [0.1, 0.15) is 30.6 Å². The van der Waals surface area contributed by atoms with Gasteiger partial charge in [-0.2, -0.15) is 0 Å². The van der Waals surface area contributed by atoms with Gasteiger partial charge in [-0.1, -0.05) is 11.3 Å². The Morgan fingerprint density at radius 3 is 2.44 bits per heavy atom. The fourth-order valence-electron chi connectivity index (χ4n) is 3.81. The van der Waals surface area contributed by atoms with Gasteiger partial charge in [0.25, 0.3) is 0 Å². The summed E-state index contributed by atoms with van der Waals surface area (Å²) in [5.41, 5.74) is 1.66. The number of thiazole rings is 1. The van der Waals surface area contributed by atoms with Gasteiger partial charge in [-0.25, -0.2) is 4.39 Å². The number of H-pyrrole nitrogens is 1. The summed E-state index contributed by atoms with van der Waals surface area (Å²) in [7, 11) is 0. The van der Waals surface area contributed by atoms with E-state index < -0.39 is 0 Å². The summed E-state index contributed by atoms with van der Waals surface area (Å²) in [6, 6.07) is 6.27. The van der Waals surface area contributed by atoms with E-state index in [4.69, 9.17) is 9.47 Å². The van der Waals surface area contributed by atoms with Crippen LogP contribution in [0.3, 0.4) is 0 Å². The number of likely N-dealkylation sites (tertiary alicyclic amines) is 1. The van der Waals surface area contributed by atoms with Crippen molar-refractivity contribution in [1.82, 2.24) is 9.88 Å². The average Bonchev–Trinajstić information content (AvgIpc) is 2.90. The molecule has 2 aromatic rings. The molecule has 1 aromatic heterocycles. The zero-order valence-corrected chi connectivity index (χ0v) is 16.2. The van der Waals surface area contributed by atoms with Crippen molar-refractivity contribution in [3.63, 3.8) is 0 Å². The summed E-state index contributed by atoms with van der Waals surface area (Å²) < 4.78 is 25.2. The van der Waals surface area contributed by atoms with Crippen LogP contribution in [-0.2, 0) is 15.9 Å². The zero-order chi connectivity index (χ0) is 18.7. The summed E-state index contributed by atoms with van der Waals surface area (Å²) in [6.07, 6.45) is 4.72. The normalized spacial score (nSPS) is 20.6. The second kappa shape index (κ2) is 8.22. The number of piperidine rings is 1. The summed E-state index contributed by atoms with van der Waals surface area (Å²) in [6.45, 7) is 4.34. The minimum atomic E-state index is -0.384. The molecule has 1 aromatic carbocycles. The number of halogens is 1. The van der Waals surface area contributed by atoms with Crippen molar-refractivity contribution >= 4 is 11.3 Å². The molecule has 2 fully saturated rings. The Balaban J connectivity index is 1.37. The lowest BCUT2D eigenvalue weighted by Crippen LogP contribution is -2.48. The van der Waals surface area contributed by atoms with Crippen LogP contribution >= 0.6 is 11.3 Å². The number of nitrogens with one attached hydrogen (secondary N) is 1. The van der Waals surface area contributed by atoms with Gasteiger partial charge in [0, 0.05) is 37.4 Å². The number of nitrogens with zero attached hydrogens (tertiary/aromatic N) is 1. The van der Waals surface area contributed by atoms with Crippen LogP contribution in [0.5, 0.6) is 0 Å². The molecule has 0 unspecified atom stereocenters. The van der Waals surface area contributed by atoms with Gasteiger partial charge in [-0.3, -0.25) is 4.79 Å². The molecule has 0 amide bonds. The molecule has 0 radical (unpaired) electrons. The second-order valence-corrected chi connectivity index (χ2v) is 8.29. The molecule has 146 valence electrons. The number of benzene rings is 1. The number of rotatable bonds is 4. The lowest BCUT2D eigenvalue weighted by atomic mass is 10.0. The highest BCUT2D eigenvalue weighted by atomic mass is 32.1. The third-order valence-corrected chi connectivity index (χ3v) is 6.34. The standard InChI is InChI=1S/C20H25FN2O3S/c21-16-5-3-15(4-6-16)18-17(27-19(24)22-18)7-10-23-11-8-20(9-12-23)25-13-1-2-14-26-20/h3-6H,1-2,7-14H2,(H,22,24). The summed E-state index contributed by atoms with van der Waals surface area (Å²) in [4.78, 5) is 18.1. The molecule has 2 aliphatic rings. The summed E-state index contributed by atoms with van der Waals surface area (Å²) >= 11 is 1.25. The Labute approximate surface area is 162 Å². The number of hydrogen-bond acceptors (Lipinski definition) is 5. The molecule has 2 saturated heterocycles. The summed E-state index contributed by atoms with van der Waals surface area (Å²) in [5, 5.41) is 0. The van der Waals surface area contributed by atoms with Crippen LogP contribution in [0.15, 0.2) is 29.1 Å². The first kappa shape index (κ1) is 18.8. The Morgan fingerprint density at radius 1 is 1.11 bits per heavy atom. The van der Waals surface area contributed by atoms with Crippen LogP contribution in [-0.4, -0.2) is 48.5 Å². The molecule has 0 saturated carbocycles. The van der Waals surface area contributed by atoms with E-state index in [1.807, 2.05) is 0 Å². The fourth-order valence-corrected chi connectivity index (χ4v) is 4.65. The minimum absolute atomic E-state index is 0.0674. The number of aromatic nitrogens is 1. The third-order valence-electron chi connectivity index (χ3n) is 5.40. The first-order valence-electron chi connectivity index (χ1n) is 9.62. The quantitative estimate of drug-likeness (QED) is 0.867. The Kier molecular flexibility index (Phi) is 5.73. The van der Waals surface area contributed by atoms with Gasteiger partial charge < -0.3 is 19.4 Å². The van der Waals surface area contributed by atoms with E-state index in [9.17, 15) is 9.18 Å². The molecule has 27 heavy (non-hydrogen) atoms. The molecule has 0 bridgehead atoms. The molecular weight excluding hydrogens is 367 g/mol. The number of aromatic amines is 1. The number of ether oxygens (including phenoxy) is 2. The molecule has 0 aliphatic carbocycles. The molecule has 1 spiro atoms. The van der Waals surface area contributed by atoms with Crippen molar-refractivity contribution in [3.8, 4) is 11.3 Å². The van der Waals surface area contributed by atoms with E-state index in [-0.39, 0.29) is 16.5 Å². The van der Waals surface area contributed by atoms with E-state index in [0.717, 1.165) is 81.1 Å². The van der Waals surface area contributed by atoms with Crippen LogP contribution in [0, 0.1) is 5.82 Å². The van der Waals surface area contributed by atoms with Gasteiger partial charge >= 0.3 is 4.87 Å². The molecule has 5 nitrogen and oxygen atoms in total. The molecule has 2 aliphatic heterocycles. The lowest BCUT2D eigenvalue weighted by molar-refractivity contribution is -0.246. The van der Waals surface area contributed by atoms with E-state index in [0.29, 0.717) is 0 Å². The first-order chi connectivity index (χ1) is 13.1. The van der Waals surface area contributed by atoms with Crippen molar-refractivity contribution in [2.24, 2.45) is 0 Å². The van der Waals surface area contributed by atoms with Crippen molar-refractivity contribution in [2.75, 3.05) is 32.8 Å². The average molecular weight is 392 g/mol. The molecule has 4 rings (SSSR count). The second-order valence-electron chi connectivity index (χ2n) is 7.23. The van der Waals surface area contributed by atoms with Crippen LogP contribution < -0.4 is 4.87 Å². The first-order valence-corrected chi connectivity index (χ1v) is 10.4. The van der Waals surface area contributed by atoms with Crippen molar-refractivity contribution in [2.45, 2.75) is 37.9 Å². The lowest BCUT2D eigenvalue weighted by Gasteiger charge is -2.40. The predicted octanol–water partition coefficient (Wildman–Crippen LogP) is 3.40. The zero-order valence-electron chi connectivity index (χ0n) is 15.3. The van der Waals surface area contributed by atoms with Gasteiger partial charge in [0.15, 0.2) is 5.79 Å². The Hall–Kier alpha value is -1.54. The summed E-state index contributed by atoms with van der Waals surface area (Å²) in [5.74, 6) is -0.659. The molecule has 0 atom stereocenters. The van der Waals surface area contributed by atoms with Crippen LogP contribution in [0.2, 0.25) is 0 Å². The molecule has 7 heteroatoms. The van der Waals surface area contributed by atoms with Crippen molar-refractivity contribution in [1.29, 1.82) is 0 Å². The smallest absolute Gasteiger partial charge is 0.305 e. The van der Waals surface area contributed by atoms with Crippen molar-refractivity contribution < 1.29 is 13.9 Å². The van der Waals surface area contributed by atoms with E-state index >= 15 is 0 Å². The monoisotopic (exact) mass is 392 g/mol. The highest BCUT2D eigenvalue weighted by molar-refractivity contribution is 7.09. The van der Waals surface area contributed by atoms with E-state index in [1.54, 1.807) is 12.1 Å². The topological polar surface area (TPSA) is 54.6 Å². The van der Waals surface area contributed by atoms with E-state index in [2.05, 4.69) is 9.88 Å². The largest absolute Gasteiger partial charge is 0.350 e. The van der Waals surface area contributed by atoms with Gasteiger partial charge in [-0.15, -0.1) is 0 Å².